The Balaban J connectivity index is 2.05. The maximum absolute atomic E-state index is 12.1. The first kappa shape index (κ1) is 21.0. The number of ether oxygens (including phenoxy) is 2. The summed E-state index contributed by atoms with van der Waals surface area (Å²) in [6.07, 6.45) is 0.341. The second-order valence-electron chi connectivity index (χ2n) is 5.75. The predicted octanol–water partition coefficient (Wildman–Crippen LogP) is 3.19. The first-order valence-corrected chi connectivity index (χ1v) is 8.41. The highest BCUT2D eigenvalue weighted by Crippen LogP contribution is 2.36. The lowest BCUT2D eigenvalue weighted by molar-refractivity contribution is -0.386. The smallest absolute Gasteiger partial charge is 0.315 e. The number of amides is 1. The highest BCUT2D eigenvalue weighted by atomic mass is 35.5. The average molecular weight is 408 g/mol. The lowest BCUT2D eigenvalue weighted by atomic mass is 10.2. The van der Waals surface area contributed by atoms with Crippen LogP contribution >= 0.6 is 11.6 Å². The first-order chi connectivity index (χ1) is 13.2. The zero-order valence-electron chi connectivity index (χ0n) is 15.3. The molecule has 0 aliphatic heterocycles. The number of benzene rings is 2. The van der Waals surface area contributed by atoms with Gasteiger partial charge in [0.15, 0.2) is 11.9 Å². The van der Waals surface area contributed by atoms with Crippen LogP contribution in [0, 0.1) is 17.0 Å². The number of methoxy groups -OCH3 is 1. The minimum absolute atomic E-state index is 0.0863. The molecule has 0 saturated carbocycles. The molecule has 0 spiro atoms. The fourth-order valence-corrected chi connectivity index (χ4v) is 2.31. The van der Waals surface area contributed by atoms with Gasteiger partial charge in [0, 0.05) is 16.7 Å². The molecule has 0 aliphatic carbocycles. The molecule has 2 rings (SSSR count). The van der Waals surface area contributed by atoms with Gasteiger partial charge in [-0.1, -0.05) is 11.6 Å². The van der Waals surface area contributed by atoms with Crippen molar-refractivity contribution in [2.45, 2.75) is 20.0 Å². The topological polar surface area (TPSA) is 123 Å². The first-order valence-electron chi connectivity index (χ1n) is 8.04. The fourth-order valence-electron chi connectivity index (χ4n) is 2.19. The van der Waals surface area contributed by atoms with Crippen molar-refractivity contribution >= 4 is 29.4 Å². The van der Waals surface area contributed by atoms with Gasteiger partial charge in [-0.05, 0) is 43.7 Å². The van der Waals surface area contributed by atoms with Crippen LogP contribution in [0.15, 0.2) is 35.4 Å². The normalized spacial score (nSPS) is 11.9. The number of halogens is 1. The van der Waals surface area contributed by atoms with E-state index < -0.39 is 28.4 Å². The molecule has 2 aromatic rings. The van der Waals surface area contributed by atoms with Crippen molar-refractivity contribution < 1.29 is 24.3 Å². The molecular formula is C18H18ClN3O6. The van der Waals surface area contributed by atoms with E-state index in [1.54, 1.807) is 25.1 Å². The molecule has 2 N–H and O–H groups in total. The molecule has 28 heavy (non-hydrogen) atoms. The maximum Gasteiger partial charge on any atom is 0.315 e. The van der Waals surface area contributed by atoms with Crippen LogP contribution in [0.1, 0.15) is 18.1 Å². The van der Waals surface area contributed by atoms with Gasteiger partial charge < -0.3 is 14.6 Å². The number of hydrogen-bond donors (Lipinski definition) is 2. The summed E-state index contributed by atoms with van der Waals surface area (Å²) in [7, 11) is 1.26. The van der Waals surface area contributed by atoms with Gasteiger partial charge in [-0.2, -0.15) is 5.10 Å². The molecule has 0 fully saturated rings. The molecule has 0 bridgehead atoms. The number of phenolic OH excluding ortho intramolecular Hbond substituents is 1. The third-order valence-corrected chi connectivity index (χ3v) is 4.12. The Labute approximate surface area is 165 Å². The standard InChI is InChI=1S/C18H18ClN3O6/c1-10-6-13(4-5-14(10)19)28-11(2)18(24)21-20-9-12-7-15(22(25)26)17(23)16(8-12)27-3/h4-9,11,23H,1-3H3,(H,21,24)/b20-9+. The van der Waals surface area contributed by atoms with Gasteiger partial charge in [-0.3, -0.25) is 14.9 Å². The van der Waals surface area contributed by atoms with Gasteiger partial charge in [-0.15, -0.1) is 0 Å². The van der Waals surface area contributed by atoms with Crippen molar-refractivity contribution in [1.29, 1.82) is 0 Å². The van der Waals surface area contributed by atoms with E-state index in [2.05, 4.69) is 10.5 Å². The Morgan fingerprint density at radius 3 is 2.71 bits per heavy atom. The molecule has 1 unspecified atom stereocenters. The molecule has 10 heteroatoms. The molecule has 0 radical (unpaired) electrons. The van der Waals surface area contributed by atoms with Gasteiger partial charge in [0.2, 0.25) is 5.75 Å². The molecule has 2 aromatic carbocycles. The van der Waals surface area contributed by atoms with Gasteiger partial charge in [-0.25, -0.2) is 5.43 Å². The van der Waals surface area contributed by atoms with Gasteiger partial charge in [0.05, 0.1) is 18.2 Å². The highest BCUT2D eigenvalue weighted by molar-refractivity contribution is 6.31. The second kappa shape index (κ2) is 9.05. The number of rotatable bonds is 7. The zero-order chi connectivity index (χ0) is 20.8. The minimum Gasteiger partial charge on any atom is -0.500 e. The van der Waals surface area contributed by atoms with Crippen LogP contribution in [0.3, 0.4) is 0 Å². The van der Waals surface area contributed by atoms with Gasteiger partial charge >= 0.3 is 5.69 Å². The lowest BCUT2D eigenvalue weighted by Gasteiger charge is -2.13. The third-order valence-electron chi connectivity index (χ3n) is 3.69. The molecule has 148 valence electrons. The molecule has 0 aromatic heterocycles. The Morgan fingerprint density at radius 1 is 1.39 bits per heavy atom. The number of aromatic hydroxyl groups is 1. The Bertz CT molecular complexity index is 932. The molecule has 0 heterocycles. The number of nitrogens with one attached hydrogen (secondary N) is 1. The Kier molecular flexibility index (Phi) is 6.78. The maximum atomic E-state index is 12.1. The number of nitro groups is 1. The van der Waals surface area contributed by atoms with E-state index >= 15 is 0 Å². The quantitative estimate of drug-likeness (QED) is 0.412. The Morgan fingerprint density at radius 2 is 2.11 bits per heavy atom. The number of hydrogen-bond acceptors (Lipinski definition) is 7. The number of nitro benzene ring substituents is 1. The summed E-state index contributed by atoms with van der Waals surface area (Å²) in [6, 6.07) is 7.46. The summed E-state index contributed by atoms with van der Waals surface area (Å²) in [5.74, 6) is -0.720. The largest absolute Gasteiger partial charge is 0.500 e. The Hall–Kier alpha value is -3.33. The molecule has 0 aliphatic rings. The summed E-state index contributed by atoms with van der Waals surface area (Å²) >= 11 is 5.95. The number of carbonyl (C=O) groups is 1. The van der Waals surface area contributed by atoms with Crippen LogP contribution in [0.4, 0.5) is 5.69 Å². The van der Waals surface area contributed by atoms with Crippen molar-refractivity contribution in [1.82, 2.24) is 5.43 Å². The van der Waals surface area contributed by atoms with E-state index in [-0.39, 0.29) is 11.3 Å². The van der Waals surface area contributed by atoms with E-state index in [9.17, 15) is 20.0 Å². The lowest BCUT2D eigenvalue weighted by Crippen LogP contribution is -2.33. The van der Waals surface area contributed by atoms with E-state index in [1.807, 2.05) is 6.92 Å². The number of nitrogens with zero attached hydrogens (tertiary/aromatic N) is 2. The van der Waals surface area contributed by atoms with Crippen LogP contribution in [0.5, 0.6) is 17.2 Å². The molecule has 9 nitrogen and oxygen atoms in total. The number of phenols is 1. The van der Waals surface area contributed by atoms with Crippen LogP contribution in [-0.4, -0.2) is 35.4 Å². The van der Waals surface area contributed by atoms with Crippen LogP contribution in [0.25, 0.3) is 0 Å². The number of carbonyl (C=O) groups excluding carboxylic acids is 1. The van der Waals surface area contributed by atoms with Crippen LogP contribution < -0.4 is 14.9 Å². The van der Waals surface area contributed by atoms with Crippen LogP contribution in [-0.2, 0) is 4.79 Å². The van der Waals surface area contributed by atoms with Crippen molar-refractivity contribution in [3.8, 4) is 17.2 Å². The summed E-state index contributed by atoms with van der Waals surface area (Å²) in [6.45, 7) is 3.36. The predicted molar refractivity (Wildman–Crippen MR) is 103 cm³/mol. The molecular weight excluding hydrogens is 390 g/mol. The van der Waals surface area contributed by atoms with Crippen molar-refractivity contribution in [3.05, 3.63) is 56.6 Å². The van der Waals surface area contributed by atoms with E-state index in [0.29, 0.717) is 10.8 Å². The summed E-state index contributed by atoms with van der Waals surface area (Å²) in [5.41, 5.74) is 2.81. The van der Waals surface area contributed by atoms with E-state index in [0.717, 1.165) is 11.6 Å². The third kappa shape index (κ3) is 5.10. The van der Waals surface area contributed by atoms with E-state index in [4.69, 9.17) is 21.1 Å². The molecule has 1 amide bonds. The SMILES string of the molecule is COc1cc(/C=N/NC(=O)C(C)Oc2ccc(Cl)c(C)c2)cc([N+](=O)[O-])c1O. The minimum atomic E-state index is -0.846. The van der Waals surface area contributed by atoms with Crippen molar-refractivity contribution in [2.75, 3.05) is 7.11 Å². The summed E-state index contributed by atoms with van der Waals surface area (Å²) in [4.78, 5) is 22.3. The second-order valence-corrected chi connectivity index (χ2v) is 6.16. The van der Waals surface area contributed by atoms with Gasteiger partial charge in [0.1, 0.15) is 5.75 Å². The summed E-state index contributed by atoms with van der Waals surface area (Å²) < 4.78 is 10.4. The van der Waals surface area contributed by atoms with Gasteiger partial charge in [0.25, 0.3) is 5.91 Å². The van der Waals surface area contributed by atoms with Crippen LogP contribution in [0.2, 0.25) is 5.02 Å². The fraction of sp³-hybridized carbons (Fsp3) is 0.222. The monoisotopic (exact) mass is 407 g/mol. The highest BCUT2D eigenvalue weighted by Gasteiger charge is 2.19. The zero-order valence-corrected chi connectivity index (χ0v) is 16.1. The van der Waals surface area contributed by atoms with E-state index in [1.165, 1.54) is 19.4 Å². The average Bonchev–Trinajstić information content (AvgIpc) is 2.65. The van der Waals surface area contributed by atoms with Crippen molar-refractivity contribution in [2.24, 2.45) is 5.10 Å². The van der Waals surface area contributed by atoms with Crippen molar-refractivity contribution in [3.63, 3.8) is 0 Å². The number of hydrazone groups is 1. The number of aryl methyl sites for hydroxylation is 1. The summed E-state index contributed by atoms with van der Waals surface area (Å²) in [5, 5.41) is 25.1. The molecule has 0 saturated heterocycles. The molecule has 1 atom stereocenters.